The van der Waals surface area contributed by atoms with Crippen LogP contribution >= 0.6 is 0 Å². The number of nitrogens with one attached hydrogen (secondary N) is 1. The van der Waals surface area contributed by atoms with E-state index in [-0.39, 0.29) is 36.4 Å². The summed E-state index contributed by atoms with van der Waals surface area (Å²) in [4.78, 5) is 14.1. The molecule has 0 atom stereocenters. The lowest BCUT2D eigenvalue weighted by Gasteiger charge is -2.24. The van der Waals surface area contributed by atoms with Crippen molar-refractivity contribution in [3.05, 3.63) is 59.4 Å². The van der Waals surface area contributed by atoms with Gasteiger partial charge >= 0.3 is 16.1 Å². The highest BCUT2D eigenvalue weighted by molar-refractivity contribution is 7.87. The normalized spacial score (nSPS) is 11.3. The van der Waals surface area contributed by atoms with Crippen LogP contribution in [0.1, 0.15) is 31.9 Å². The number of carbonyl (C=O) groups is 1. The highest BCUT2D eigenvalue weighted by Gasteiger charge is 2.22. The number of benzene rings is 2. The first-order valence-electron chi connectivity index (χ1n) is 9.53. The Labute approximate surface area is 176 Å². The van der Waals surface area contributed by atoms with Crippen LogP contribution in [0, 0.1) is 5.82 Å². The molecule has 0 heterocycles. The third-order valence-corrected chi connectivity index (χ3v) is 5.85. The van der Waals surface area contributed by atoms with Gasteiger partial charge in [-0.3, -0.25) is 0 Å². The summed E-state index contributed by atoms with van der Waals surface area (Å²) >= 11 is 0. The fourth-order valence-electron chi connectivity index (χ4n) is 2.60. The van der Waals surface area contributed by atoms with E-state index < -0.39 is 15.4 Å². The number of carbonyl (C=O) groups excluding carboxylic acids is 1. The van der Waals surface area contributed by atoms with Crippen molar-refractivity contribution in [1.29, 1.82) is 0 Å². The van der Waals surface area contributed by atoms with E-state index in [1.807, 2.05) is 6.92 Å². The summed E-state index contributed by atoms with van der Waals surface area (Å²) in [5.41, 5.74) is 1.41. The molecule has 0 unspecified atom stereocenters. The molecule has 0 bridgehead atoms. The summed E-state index contributed by atoms with van der Waals surface area (Å²) in [6.45, 7) is 5.73. The lowest BCUT2D eigenvalue weighted by atomic mass is 10.1. The van der Waals surface area contributed by atoms with Crippen LogP contribution in [0.25, 0.3) is 0 Å². The molecule has 30 heavy (non-hydrogen) atoms. The second-order valence-electron chi connectivity index (χ2n) is 6.93. The zero-order chi connectivity index (χ0) is 22.3. The van der Waals surface area contributed by atoms with E-state index in [2.05, 4.69) is 5.32 Å². The van der Waals surface area contributed by atoms with E-state index in [0.717, 1.165) is 5.56 Å². The van der Waals surface area contributed by atoms with Gasteiger partial charge in [-0.15, -0.1) is 0 Å². The monoisotopic (exact) mass is 438 g/mol. The average molecular weight is 439 g/mol. The molecule has 2 rings (SSSR count). The molecule has 1 N–H and O–H groups in total. The van der Waals surface area contributed by atoms with E-state index in [1.165, 1.54) is 39.2 Å². The van der Waals surface area contributed by atoms with Crippen LogP contribution in [0.5, 0.6) is 11.5 Å². The Kier molecular flexibility index (Phi) is 8.05. The molecule has 0 fully saturated rings. The molecule has 7 nitrogen and oxygen atoms in total. The van der Waals surface area contributed by atoms with Crippen LogP contribution in [0.4, 0.5) is 9.18 Å². The van der Waals surface area contributed by atoms with Crippen LogP contribution in [-0.4, -0.2) is 38.3 Å². The maximum absolute atomic E-state index is 13.2. The first-order valence-corrected chi connectivity index (χ1v) is 11.0. The average Bonchev–Trinajstić information content (AvgIpc) is 2.69. The molecule has 0 aliphatic carbocycles. The molecule has 2 aromatic rings. The van der Waals surface area contributed by atoms with Crippen LogP contribution in [0.3, 0.4) is 0 Å². The molecule has 0 aliphatic heterocycles. The topological polar surface area (TPSA) is 84.9 Å². The standard InChI is InChI=1S/C21H27FN2O5S/c1-5-23-21(25)24(13-16-6-9-18(22)10-7-16)14-17-8-11-19(28-4)20(12-17)29-30(26,27)15(2)3/h6-12,15H,5,13-14H2,1-4H3,(H,23,25). The van der Waals surface area contributed by atoms with Crippen LogP contribution in [0.2, 0.25) is 0 Å². The maximum Gasteiger partial charge on any atom is 0.317 e. The second kappa shape index (κ2) is 10.3. The molecule has 0 aromatic heterocycles. The van der Waals surface area contributed by atoms with Crippen LogP contribution < -0.4 is 14.2 Å². The van der Waals surface area contributed by atoms with Crippen molar-refractivity contribution in [1.82, 2.24) is 10.2 Å². The van der Waals surface area contributed by atoms with Gasteiger partial charge in [0.1, 0.15) is 5.82 Å². The summed E-state index contributed by atoms with van der Waals surface area (Å²) in [7, 11) is -2.40. The van der Waals surface area contributed by atoms with E-state index in [0.29, 0.717) is 12.1 Å². The first-order chi connectivity index (χ1) is 14.2. The lowest BCUT2D eigenvalue weighted by Crippen LogP contribution is -2.39. The Balaban J connectivity index is 2.30. The van der Waals surface area contributed by atoms with Crippen molar-refractivity contribution in [2.45, 2.75) is 39.1 Å². The van der Waals surface area contributed by atoms with Gasteiger partial charge in [-0.05, 0) is 56.2 Å². The van der Waals surface area contributed by atoms with E-state index in [1.54, 1.807) is 29.2 Å². The van der Waals surface area contributed by atoms with Crippen molar-refractivity contribution in [3.8, 4) is 11.5 Å². The molecule has 2 amide bonds. The van der Waals surface area contributed by atoms with Crippen LogP contribution in [0.15, 0.2) is 42.5 Å². The van der Waals surface area contributed by atoms with Gasteiger partial charge in [-0.25, -0.2) is 9.18 Å². The minimum absolute atomic E-state index is 0.0568. The Morgan fingerprint density at radius 3 is 2.23 bits per heavy atom. The fourth-order valence-corrected chi connectivity index (χ4v) is 3.17. The molecule has 0 saturated heterocycles. The summed E-state index contributed by atoms with van der Waals surface area (Å²) in [6, 6.07) is 10.4. The minimum Gasteiger partial charge on any atom is -0.493 e. The number of hydrogen-bond donors (Lipinski definition) is 1. The first kappa shape index (κ1) is 23.5. The van der Waals surface area contributed by atoms with Crippen LogP contribution in [-0.2, 0) is 23.2 Å². The predicted octanol–water partition coefficient (Wildman–Crippen LogP) is 3.68. The van der Waals surface area contributed by atoms with Crippen molar-refractivity contribution in [2.75, 3.05) is 13.7 Å². The number of nitrogens with zero attached hydrogens (tertiary/aromatic N) is 1. The zero-order valence-corrected chi connectivity index (χ0v) is 18.3. The van der Waals surface area contributed by atoms with Crippen molar-refractivity contribution < 1.29 is 26.5 Å². The predicted molar refractivity (Wildman–Crippen MR) is 112 cm³/mol. The minimum atomic E-state index is -3.82. The van der Waals surface area contributed by atoms with E-state index in [9.17, 15) is 17.6 Å². The van der Waals surface area contributed by atoms with Gasteiger partial charge in [0, 0.05) is 19.6 Å². The summed E-state index contributed by atoms with van der Waals surface area (Å²) < 4.78 is 48.0. The van der Waals surface area contributed by atoms with Gasteiger partial charge in [0.15, 0.2) is 11.5 Å². The van der Waals surface area contributed by atoms with Gasteiger partial charge < -0.3 is 19.1 Å². The zero-order valence-electron chi connectivity index (χ0n) is 17.5. The smallest absolute Gasteiger partial charge is 0.317 e. The quantitative estimate of drug-likeness (QED) is 0.604. The molecular weight excluding hydrogens is 411 g/mol. The molecule has 164 valence electrons. The highest BCUT2D eigenvalue weighted by Crippen LogP contribution is 2.30. The van der Waals surface area contributed by atoms with Crippen molar-refractivity contribution in [2.24, 2.45) is 0 Å². The molecule has 9 heteroatoms. The van der Waals surface area contributed by atoms with Gasteiger partial charge in [-0.1, -0.05) is 18.2 Å². The molecule has 0 aliphatic rings. The third kappa shape index (κ3) is 6.35. The SMILES string of the molecule is CCNC(=O)N(Cc1ccc(F)cc1)Cc1ccc(OC)c(OS(=O)(=O)C(C)C)c1. The number of rotatable bonds is 9. The second-order valence-corrected chi connectivity index (χ2v) is 9.02. The molecule has 0 spiro atoms. The summed E-state index contributed by atoms with van der Waals surface area (Å²) in [5, 5.41) is 2.02. The number of urea groups is 1. The third-order valence-electron chi connectivity index (χ3n) is 4.29. The van der Waals surface area contributed by atoms with Crippen molar-refractivity contribution in [3.63, 3.8) is 0 Å². The fraction of sp³-hybridized carbons (Fsp3) is 0.381. The number of amides is 2. The summed E-state index contributed by atoms with van der Waals surface area (Å²) in [5.74, 6) is -0.0287. The Morgan fingerprint density at radius 1 is 1.07 bits per heavy atom. The van der Waals surface area contributed by atoms with Gasteiger partial charge in [0.25, 0.3) is 0 Å². The van der Waals surface area contributed by atoms with E-state index in [4.69, 9.17) is 8.92 Å². The highest BCUT2D eigenvalue weighted by atomic mass is 32.2. The number of ether oxygens (including phenoxy) is 1. The molecule has 0 saturated carbocycles. The molecular formula is C21H27FN2O5S. The van der Waals surface area contributed by atoms with Gasteiger partial charge in [-0.2, -0.15) is 8.42 Å². The summed E-state index contributed by atoms with van der Waals surface area (Å²) in [6.07, 6.45) is 0. The Bertz CT molecular complexity index is 962. The molecule has 2 aromatic carbocycles. The largest absolute Gasteiger partial charge is 0.493 e. The van der Waals surface area contributed by atoms with Gasteiger partial charge in [0.05, 0.1) is 12.4 Å². The molecule has 0 radical (unpaired) electrons. The lowest BCUT2D eigenvalue weighted by molar-refractivity contribution is 0.193. The number of halogens is 1. The van der Waals surface area contributed by atoms with Gasteiger partial charge in [0.2, 0.25) is 0 Å². The van der Waals surface area contributed by atoms with Crippen molar-refractivity contribution >= 4 is 16.1 Å². The van der Waals surface area contributed by atoms with E-state index >= 15 is 0 Å². The Hall–Kier alpha value is -2.81. The maximum atomic E-state index is 13.2. The Morgan fingerprint density at radius 2 is 1.67 bits per heavy atom. The number of methoxy groups -OCH3 is 1. The number of hydrogen-bond acceptors (Lipinski definition) is 5.